The number of aromatic nitrogens is 2. The van der Waals surface area contributed by atoms with Gasteiger partial charge in [0.05, 0.1) is 11.9 Å². The van der Waals surface area contributed by atoms with Crippen LogP contribution in [0.15, 0.2) is 30.5 Å². The molecule has 0 saturated carbocycles. The molecule has 2 aromatic rings. The molecule has 0 fully saturated rings. The summed E-state index contributed by atoms with van der Waals surface area (Å²) in [5, 5.41) is 8.76. The van der Waals surface area contributed by atoms with Crippen molar-refractivity contribution in [2.75, 3.05) is 5.32 Å². The van der Waals surface area contributed by atoms with Crippen LogP contribution in [-0.4, -0.2) is 16.1 Å². The van der Waals surface area contributed by atoms with Crippen molar-refractivity contribution in [1.82, 2.24) is 10.2 Å². The van der Waals surface area contributed by atoms with Crippen LogP contribution in [0.5, 0.6) is 0 Å². The van der Waals surface area contributed by atoms with Crippen molar-refractivity contribution in [1.29, 1.82) is 0 Å². The third-order valence-corrected chi connectivity index (χ3v) is 2.18. The van der Waals surface area contributed by atoms with Crippen molar-refractivity contribution in [3.63, 3.8) is 0 Å². The summed E-state index contributed by atoms with van der Waals surface area (Å²) in [7, 11) is 0. The fourth-order valence-electron chi connectivity index (χ4n) is 1.32. The van der Waals surface area contributed by atoms with Gasteiger partial charge in [-0.1, -0.05) is 12.1 Å². The van der Waals surface area contributed by atoms with E-state index in [4.69, 9.17) is 0 Å². The van der Waals surface area contributed by atoms with Crippen molar-refractivity contribution in [3.8, 4) is 0 Å². The van der Waals surface area contributed by atoms with E-state index in [-0.39, 0.29) is 5.69 Å². The topological polar surface area (TPSA) is 57.8 Å². The van der Waals surface area contributed by atoms with Crippen LogP contribution in [0.1, 0.15) is 16.1 Å². The summed E-state index contributed by atoms with van der Waals surface area (Å²) in [6, 6.07) is 6.00. The van der Waals surface area contributed by atoms with Crippen molar-refractivity contribution in [2.45, 2.75) is 6.92 Å². The lowest BCUT2D eigenvalue weighted by molar-refractivity contribution is 0.102. The molecule has 0 aliphatic carbocycles. The van der Waals surface area contributed by atoms with Crippen LogP contribution in [0.3, 0.4) is 0 Å². The molecule has 1 aromatic heterocycles. The molecule has 0 atom stereocenters. The highest BCUT2D eigenvalue weighted by Gasteiger charge is 2.12. The number of amides is 1. The maximum Gasteiger partial charge on any atom is 0.274 e. The number of para-hydroxylation sites is 1. The second-order valence-corrected chi connectivity index (χ2v) is 3.36. The fraction of sp³-hybridized carbons (Fsp3) is 0.0909. The van der Waals surface area contributed by atoms with Gasteiger partial charge >= 0.3 is 0 Å². The zero-order chi connectivity index (χ0) is 11.5. The Labute approximate surface area is 91.5 Å². The molecule has 0 spiro atoms. The zero-order valence-corrected chi connectivity index (χ0v) is 8.62. The molecular formula is C11H10FN3O. The number of nitrogens with zero attached hydrogens (tertiary/aromatic N) is 1. The second-order valence-electron chi connectivity index (χ2n) is 3.36. The van der Waals surface area contributed by atoms with Gasteiger partial charge in [0.25, 0.3) is 5.91 Å². The first-order chi connectivity index (χ1) is 7.68. The van der Waals surface area contributed by atoms with E-state index < -0.39 is 11.7 Å². The average molecular weight is 219 g/mol. The number of anilines is 1. The minimum Gasteiger partial charge on any atom is -0.318 e. The molecule has 1 amide bonds. The Morgan fingerprint density at radius 3 is 2.81 bits per heavy atom. The van der Waals surface area contributed by atoms with E-state index in [0.29, 0.717) is 11.3 Å². The Hall–Kier alpha value is -2.17. The molecule has 16 heavy (non-hydrogen) atoms. The summed E-state index contributed by atoms with van der Waals surface area (Å²) in [5.74, 6) is -0.867. The molecule has 0 aliphatic heterocycles. The van der Waals surface area contributed by atoms with Crippen molar-refractivity contribution < 1.29 is 9.18 Å². The average Bonchev–Trinajstić information content (AvgIpc) is 2.68. The van der Waals surface area contributed by atoms with Crippen LogP contribution in [-0.2, 0) is 0 Å². The summed E-state index contributed by atoms with van der Waals surface area (Å²) >= 11 is 0. The largest absolute Gasteiger partial charge is 0.318 e. The molecule has 0 saturated heterocycles. The molecule has 2 N–H and O–H groups in total. The van der Waals surface area contributed by atoms with E-state index in [0.717, 1.165) is 0 Å². The number of aryl methyl sites for hydroxylation is 1. The van der Waals surface area contributed by atoms with Gasteiger partial charge in [-0.25, -0.2) is 4.39 Å². The van der Waals surface area contributed by atoms with Gasteiger partial charge in [0.2, 0.25) is 0 Å². The first-order valence-corrected chi connectivity index (χ1v) is 4.74. The molecular weight excluding hydrogens is 209 g/mol. The van der Waals surface area contributed by atoms with Crippen molar-refractivity contribution in [2.24, 2.45) is 0 Å². The number of benzene rings is 1. The van der Waals surface area contributed by atoms with Gasteiger partial charge < -0.3 is 5.32 Å². The van der Waals surface area contributed by atoms with Gasteiger partial charge in [-0.15, -0.1) is 0 Å². The SMILES string of the molecule is Cc1cn[nH]c1C(=O)Nc1ccccc1F. The van der Waals surface area contributed by atoms with Crippen LogP contribution in [0.4, 0.5) is 10.1 Å². The molecule has 0 unspecified atom stereocenters. The predicted molar refractivity (Wildman–Crippen MR) is 57.7 cm³/mol. The summed E-state index contributed by atoms with van der Waals surface area (Å²) in [4.78, 5) is 11.7. The van der Waals surface area contributed by atoms with E-state index in [1.165, 1.54) is 18.3 Å². The summed E-state index contributed by atoms with van der Waals surface area (Å²) < 4.78 is 13.3. The molecule has 5 heteroatoms. The molecule has 0 bridgehead atoms. The number of hydrogen-bond donors (Lipinski definition) is 2. The summed E-state index contributed by atoms with van der Waals surface area (Å²) in [6.45, 7) is 1.75. The van der Waals surface area contributed by atoms with Gasteiger partial charge in [-0.2, -0.15) is 5.10 Å². The van der Waals surface area contributed by atoms with Crippen molar-refractivity contribution >= 4 is 11.6 Å². The van der Waals surface area contributed by atoms with E-state index in [9.17, 15) is 9.18 Å². The molecule has 0 aliphatic rings. The maximum absolute atomic E-state index is 13.3. The Morgan fingerprint density at radius 1 is 1.44 bits per heavy atom. The van der Waals surface area contributed by atoms with Crippen LogP contribution >= 0.6 is 0 Å². The lowest BCUT2D eigenvalue weighted by Crippen LogP contribution is -2.14. The lowest BCUT2D eigenvalue weighted by Gasteiger charge is -2.04. The highest BCUT2D eigenvalue weighted by atomic mass is 19.1. The summed E-state index contributed by atoms with van der Waals surface area (Å²) in [6.07, 6.45) is 1.54. The van der Waals surface area contributed by atoms with Gasteiger partial charge in [0.1, 0.15) is 11.5 Å². The minimum absolute atomic E-state index is 0.154. The number of nitrogens with one attached hydrogen (secondary N) is 2. The number of halogens is 1. The Balaban J connectivity index is 2.21. The van der Waals surface area contributed by atoms with E-state index in [1.807, 2.05) is 0 Å². The summed E-state index contributed by atoms with van der Waals surface area (Å²) in [5.41, 5.74) is 1.21. The highest BCUT2D eigenvalue weighted by molar-refractivity contribution is 6.03. The lowest BCUT2D eigenvalue weighted by atomic mass is 10.2. The standard InChI is InChI=1S/C11H10FN3O/c1-7-6-13-15-10(7)11(16)14-9-5-3-2-4-8(9)12/h2-6H,1H3,(H,13,15)(H,14,16). The first-order valence-electron chi connectivity index (χ1n) is 4.74. The van der Waals surface area contributed by atoms with Crippen LogP contribution in [0.25, 0.3) is 0 Å². The molecule has 0 radical (unpaired) electrons. The zero-order valence-electron chi connectivity index (χ0n) is 8.62. The Morgan fingerprint density at radius 2 is 2.19 bits per heavy atom. The minimum atomic E-state index is -0.465. The van der Waals surface area contributed by atoms with Crippen LogP contribution < -0.4 is 5.32 Å². The third-order valence-electron chi connectivity index (χ3n) is 2.18. The maximum atomic E-state index is 13.3. The van der Waals surface area contributed by atoms with E-state index >= 15 is 0 Å². The fourth-order valence-corrected chi connectivity index (χ4v) is 1.32. The highest BCUT2D eigenvalue weighted by Crippen LogP contribution is 2.14. The number of H-pyrrole nitrogens is 1. The number of carbonyl (C=O) groups excluding carboxylic acids is 1. The Kier molecular flexibility index (Phi) is 2.68. The molecule has 82 valence electrons. The number of rotatable bonds is 2. The smallest absolute Gasteiger partial charge is 0.274 e. The molecule has 2 rings (SSSR count). The van der Waals surface area contributed by atoms with Gasteiger partial charge in [-0.05, 0) is 24.6 Å². The monoisotopic (exact) mass is 219 g/mol. The quantitative estimate of drug-likeness (QED) is 0.812. The number of hydrogen-bond acceptors (Lipinski definition) is 2. The van der Waals surface area contributed by atoms with Crippen molar-refractivity contribution in [3.05, 3.63) is 47.5 Å². The van der Waals surface area contributed by atoms with Gasteiger partial charge in [0, 0.05) is 0 Å². The van der Waals surface area contributed by atoms with Crippen LogP contribution in [0, 0.1) is 12.7 Å². The van der Waals surface area contributed by atoms with E-state index in [1.54, 1.807) is 19.1 Å². The normalized spacial score (nSPS) is 10.1. The van der Waals surface area contributed by atoms with E-state index in [2.05, 4.69) is 15.5 Å². The second kappa shape index (κ2) is 4.14. The molecule has 4 nitrogen and oxygen atoms in total. The van der Waals surface area contributed by atoms with Gasteiger partial charge in [-0.3, -0.25) is 9.89 Å². The number of carbonyl (C=O) groups is 1. The van der Waals surface area contributed by atoms with Crippen LogP contribution in [0.2, 0.25) is 0 Å². The number of aromatic amines is 1. The molecule has 1 aromatic carbocycles. The molecule has 1 heterocycles. The predicted octanol–water partition coefficient (Wildman–Crippen LogP) is 2.11. The van der Waals surface area contributed by atoms with Gasteiger partial charge in [0.15, 0.2) is 0 Å². The first kappa shape index (κ1) is 10.4. The third kappa shape index (κ3) is 1.93. The Bertz CT molecular complexity index is 521.